The molecule has 0 aromatic carbocycles. The lowest BCUT2D eigenvalue weighted by Gasteiger charge is -2.33. The van der Waals surface area contributed by atoms with E-state index in [0.717, 1.165) is 51.6 Å². The molecule has 2 rings (SSSR count). The van der Waals surface area contributed by atoms with Crippen LogP contribution < -0.4 is 16.0 Å². The van der Waals surface area contributed by atoms with Gasteiger partial charge in [-0.3, -0.25) is 14.4 Å². The summed E-state index contributed by atoms with van der Waals surface area (Å²) in [7, 11) is 0. The fourth-order valence-electron chi connectivity index (χ4n) is 4.42. The highest BCUT2D eigenvalue weighted by Crippen LogP contribution is 2.21. The van der Waals surface area contributed by atoms with Gasteiger partial charge in [0.1, 0.15) is 6.04 Å². The zero-order valence-corrected chi connectivity index (χ0v) is 19.4. The standard InChI is InChI=1S/C23H40N4O5/c1-2-3-4-7-20(28)26-19(23(31)32)15-25-22(30)18-6-5-14-27(16-18)21(29)9-8-17-10-12-24-13-11-17/h17-19,24H,2-16H2,1H3,(H,25,30)(H,26,28)(H,31,32)/t18-,19?/m1/s1. The summed E-state index contributed by atoms with van der Waals surface area (Å²) in [4.78, 5) is 50.5. The highest BCUT2D eigenvalue weighted by atomic mass is 16.4. The molecule has 2 heterocycles. The van der Waals surface area contributed by atoms with Gasteiger partial charge in [-0.25, -0.2) is 4.79 Å². The fourth-order valence-corrected chi connectivity index (χ4v) is 4.42. The van der Waals surface area contributed by atoms with E-state index in [4.69, 9.17) is 0 Å². The number of nitrogens with one attached hydrogen (secondary N) is 3. The predicted molar refractivity (Wildman–Crippen MR) is 121 cm³/mol. The van der Waals surface area contributed by atoms with Crippen molar-refractivity contribution >= 4 is 23.7 Å². The number of carboxylic acid groups (broad SMARTS) is 1. The molecular formula is C23H40N4O5. The van der Waals surface area contributed by atoms with Gasteiger partial charge in [-0.15, -0.1) is 0 Å². The molecule has 32 heavy (non-hydrogen) atoms. The van der Waals surface area contributed by atoms with E-state index in [-0.39, 0.29) is 36.6 Å². The summed E-state index contributed by atoms with van der Waals surface area (Å²) in [5, 5.41) is 17.9. The second-order valence-electron chi connectivity index (χ2n) is 9.07. The van der Waals surface area contributed by atoms with E-state index in [1.807, 2.05) is 6.92 Å². The third kappa shape index (κ3) is 9.14. The van der Waals surface area contributed by atoms with Crippen LogP contribution in [0.3, 0.4) is 0 Å². The van der Waals surface area contributed by atoms with Gasteiger partial charge in [0.2, 0.25) is 17.7 Å². The van der Waals surface area contributed by atoms with Crippen molar-refractivity contribution in [2.45, 2.75) is 77.2 Å². The van der Waals surface area contributed by atoms with Crippen molar-refractivity contribution in [1.29, 1.82) is 0 Å². The lowest BCUT2D eigenvalue weighted by atomic mass is 9.92. The number of carbonyl (C=O) groups excluding carboxylic acids is 3. The normalized spacial score (nSPS) is 20.4. The SMILES string of the molecule is CCCCCC(=O)NC(CNC(=O)[C@@H]1CCCN(C(=O)CCC2CCNCC2)C1)C(=O)O. The topological polar surface area (TPSA) is 128 Å². The van der Waals surface area contributed by atoms with Crippen LogP contribution in [0.1, 0.15) is 71.1 Å². The van der Waals surface area contributed by atoms with E-state index in [9.17, 15) is 24.3 Å². The zero-order valence-electron chi connectivity index (χ0n) is 19.4. The van der Waals surface area contributed by atoms with Crippen LogP contribution in [0.25, 0.3) is 0 Å². The number of piperidine rings is 2. The largest absolute Gasteiger partial charge is 0.480 e. The minimum absolute atomic E-state index is 0.101. The number of hydrogen-bond acceptors (Lipinski definition) is 5. The third-order valence-electron chi connectivity index (χ3n) is 6.49. The second-order valence-corrected chi connectivity index (χ2v) is 9.07. The summed E-state index contributed by atoms with van der Waals surface area (Å²) in [5.74, 6) is -1.40. The van der Waals surface area contributed by atoms with Gasteiger partial charge in [-0.05, 0) is 57.5 Å². The van der Waals surface area contributed by atoms with Crippen molar-refractivity contribution < 1.29 is 24.3 Å². The van der Waals surface area contributed by atoms with Crippen molar-refractivity contribution in [2.24, 2.45) is 11.8 Å². The number of unbranched alkanes of at least 4 members (excludes halogenated alkanes) is 2. The Bertz CT molecular complexity index is 636. The molecule has 9 nitrogen and oxygen atoms in total. The zero-order chi connectivity index (χ0) is 23.3. The van der Waals surface area contributed by atoms with Crippen molar-refractivity contribution in [1.82, 2.24) is 20.9 Å². The maximum atomic E-state index is 12.6. The summed E-state index contributed by atoms with van der Waals surface area (Å²) >= 11 is 0. The minimum Gasteiger partial charge on any atom is -0.480 e. The maximum Gasteiger partial charge on any atom is 0.328 e. The Hall–Kier alpha value is -2.16. The van der Waals surface area contributed by atoms with Crippen molar-refractivity contribution in [3.63, 3.8) is 0 Å². The van der Waals surface area contributed by atoms with Crippen LogP contribution in [-0.2, 0) is 19.2 Å². The van der Waals surface area contributed by atoms with E-state index in [2.05, 4.69) is 16.0 Å². The van der Waals surface area contributed by atoms with Gasteiger partial charge >= 0.3 is 5.97 Å². The lowest BCUT2D eigenvalue weighted by Crippen LogP contribution is -2.51. The number of hydrogen-bond donors (Lipinski definition) is 4. The number of carboxylic acids is 1. The molecule has 9 heteroatoms. The van der Waals surface area contributed by atoms with Crippen LogP contribution in [0.15, 0.2) is 0 Å². The first kappa shape index (κ1) is 26.1. The van der Waals surface area contributed by atoms with Crippen molar-refractivity contribution in [3.05, 3.63) is 0 Å². The Labute approximate surface area is 191 Å². The smallest absolute Gasteiger partial charge is 0.328 e. The van der Waals surface area contributed by atoms with Crippen LogP contribution in [0.2, 0.25) is 0 Å². The summed E-state index contributed by atoms with van der Waals surface area (Å²) in [6.07, 6.45) is 7.94. The first-order valence-electron chi connectivity index (χ1n) is 12.2. The molecule has 0 saturated carbocycles. The number of nitrogens with zero attached hydrogens (tertiary/aromatic N) is 1. The highest BCUT2D eigenvalue weighted by molar-refractivity contribution is 5.85. The first-order valence-corrected chi connectivity index (χ1v) is 12.2. The van der Waals surface area contributed by atoms with Crippen molar-refractivity contribution in [3.8, 4) is 0 Å². The van der Waals surface area contributed by atoms with E-state index < -0.39 is 12.0 Å². The van der Waals surface area contributed by atoms with Gasteiger partial charge < -0.3 is 26.0 Å². The molecule has 2 saturated heterocycles. The van der Waals surface area contributed by atoms with Gasteiger partial charge in [-0.2, -0.15) is 0 Å². The van der Waals surface area contributed by atoms with E-state index >= 15 is 0 Å². The second kappa shape index (κ2) is 14.1. The molecule has 0 aromatic rings. The Morgan fingerprint density at radius 2 is 1.84 bits per heavy atom. The molecule has 3 amide bonds. The third-order valence-corrected chi connectivity index (χ3v) is 6.49. The molecule has 2 fully saturated rings. The number of rotatable bonds is 12. The van der Waals surface area contributed by atoms with Gasteiger partial charge in [-0.1, -0.05) is 19.8 Å². The molecule has 0 bridgehead atoms. The van der Waals surface area contributed by atoms with E-state index in [0.29, 0.717) is 38.3 Å². The quantitative estimate of drug-likeness (QED) is 0.330. The first-order chi connectivity index (χ1) is 15.4. The molecule has 1 unspecified atom stereocenters. The Morgan fingerprint density at radius 1 is 1.09 bits per heavy atom. The molecule has 2 aliphatic heterocycles. The lowest BCUT2D eigenvalue weighted by molar-refractivity contribution is -0.142. The monoisotopic (exact) mass is 452 g/mol. The van der Waals surface area contributed by atoms with E-state index in [1.54, 1.807) is 4.90 Å². The summed E-state index contributed by atoms with van der Waals surface area (Å²) < 4.78 is 0. The number of carbonyl (C=O) groups is 4. The summed E-state index contributed by atoms with van der Waals surface area (Å²) in [5.41, 5.74) is 0. The highest BCUT2D eigenvalue weighted by Gasteiger charge is 2.30. The number of likely N-dealkylation sites (tertiary alicyclic amines) is 1. The minimum atomic E-state index is -1.17. The molecule has 0 radical (unpaired) electrons. The van der Waals surface area contributed by atoms with Gasteiger partial charge in [0.05, 0.1) is 5.92 Å². The van der Waals surface area contributed by atoms with Gasteiger partial charge in [0.25, 0.3) is 0 Å². The summed E-state index contributed by atoms with van der Waals surface area (Å²) in [6.45, 7) is 4.94. The maximum absolute atomic E-state index is 12.6. The Kier molecular flexibility index (Phi) is 11.5. The number of aliphatic carboxylic acids is 1. The van der Waals surface area contributed by atoms with Gasteiger partial charge in [0, 0.05) is 32.5 Å². The molecule has 2 aliphatic rings. The average molecular weight is 453 g/mol. The molecule has 0 spiro atoms. The van der Waals surface area contributed by atoms with Gasteiger partial charge in [0.15, 0.2) is 0 Å². The molecule has 0 aliphatic carbocycles. The summed E-state index contributed by atoms with van der Waals surface area (Å²) in [6, 6.07) is -1.15. The fraction of sp³-hybridized carbons (Fsp3) is 0.826. The van der Waals surface area contributed by atoms with Crippen LogP contribution >= 0.6 is 0 Å². The molecule has 182 valence electrons. The molecule has 2 atom stereocenters. The predicted octanol–water partition coefficient (Wildman–Crippen LogP) is 1.27. The molecule has 4 N–H and O–H groups in total. The van der Waals surface area contributed by atoms with Crippen LogP contribution in [0.4, 0.5) is 0 Å². The Balaban J connectivity index is 1.75. The van der Waals surface area contributed by atoms with Crippen molar-refractivity contribution in [2.75, 3.05) is 32.7 Å². The number of amides is 3. The molecule has 0 aromatic heterocycles. The molecular weight excluding hydrogens is 412 g/mol. The van der Waals surface area contributed by atoms with Crippen LogP contribution in [0, 0.1) is 11.8 Å². The van der Waals surface area contributed by atoms with Crippen LogP contribution in [-0.4, -0.2) is 72.5 Å². The Morgan fingerprint density at radius 3 is 2.53 bits per heavy atom. The van der Waals surface area contributed by atoms with Crippen LogP contribution in [0.5, 0.6) is 0 Å². The average Bonchev–Trinajstić information content (AvgIpc) is 2.80. The van der Waals surface area contributed by atoms with E-state index in [1.165, 1.54) is 0 Å².